The fourth-order valence-electron chi connectivity index (χ4n) is 1.93. The number of nitro groups is 1. The molecule has 0 radical (unpaired) electrons. The van der Waals surface area contributed by atoms with Gasteiger partial charge >= 0.3 is 0 Å². The lowest BCUT2D eigenvalue weighted by atomic mass is 10.2. The second kappa shape index (κ2) is 6.14. The predicted octanol–water partition coefficient (Wildman–Crippen LogP) is 2.24. The fraction of sp³-hybridized carbons (Fsp3) is 0.385. The van der Waals surface area contributed by atoms with E-state index < -0.39 is 4.92 Å². The van der Waals surface area contributed by atoms with Crippen LogP contribution in [-0.2, 0) is 6.54 Å². The zero-order valence-corrected chi connectivity index (χ0v) is 11.5. The van der Waals surface area contributed by atoms with Crippen LogP contribution in [0.2, 0.25) is 0 Å². The molecule has 2 aromatic rings. The van der Waals surface area contributed by atoms with Gasteiger partial charge < -0.3 is 9.88 Å². The summed E-state index contributed by atoms with van der Waals surface area (Å²) in [6.45, 7) is 5.42. The van der Waals surface area contributed by atoms with Crippen molar-refractivity contribution in [3.8, 4) is 0 Å². The van der Waals surface area contributed by atoms with Crippen molar-refractivity contribution >= 4 is 11.5 Å². The third kappa shape index (κ3) is 3.53. The lowest BCUT2D eigenvalue weighted by Crippen LogP contribution is -2.17. The summed E-state index contributed by atoms with van der Waals surface area (Å²) >= 11 is 0. The molecule has 7 nitrogen and oxygen atoms in total. The molecular weight excluding hydrogens is 258 g/mol. The van der Waals surface area contributed by atoms with Gasteiger partial charge in [0.25, 0.3) is 5.69 Å². The van der Waals surface area contributed by atoms with Gasteiger partial charge in [-0.2, -0.15) is 0 Å². The van der Waals surface area contributed by atoms with Crippen LogP contribution >= 0.6 is 0 Å². The number of pyridine rings is 1. The van der Waals surface area contributed by atoms with Crippen LogP contribution in [0.3, 0.4) is 0 Å². The number of hydrogen-bond donors (Lipinski definition) is 1. The Labute approximate surface area is 116 Å². The Kier molecular flexibility index (Phi) is 4.29. The molecule has 0 unspecified atom stereocenters. The Morgan fingerprint density at radius 1 is 1.55 bits per heavy atom. The maximum atomic E-state index is 10.7. The average Bonchev–Trinajstić information content (AvgIpc) is 2.89. The van der Waals surface area contributed by atoms with E-state index in [1.165, 1.54) is 6.20 Å². The standard InChI is InChI=1S/C13H17N5O2/c1-10(8-17-4-3-14-9-17)6-15-13-5-11(2)12(7-16-13)18(19)20/h3-5,7,9-10H,6,8H2,1-2H3,(H,15,16)/t10-/m1/s1. The lowest BCUT2D eigenvalue weighted by Gasteiger charge is -2.13. The smallest absolute Gasteiger partial charge is 0.290 e. The molecule has 0 fully saturated rings. The van der Waals surface area contributed by atoms with Gasteiger partial charge in [0.2, 0.25) is 0 Å². The Balaban J connectivity index is 1.90. The van der Waals surface area contributed by atoms with Gasteiger partial charge in [0.15, 0.2) is 0 Å². The number of nitrogens with one attached hydrogen (secondary N) is 1. The fourth-order valence-corrected chi connectivity index (χ4v) is 1.93. The van der Waals surface area contributed by atoms with Crippen LogP contribution in [-0.4, -0.2) is 26.0 Å². The minimum atomic E-state index is -0.423. The second-order valence-corrected chi connectivity index (χ2v) is 4.86. The summed E-state index contributed by atoms with van der Waals surface area (Å²) in [4.78, 5) is 18.3. The minimum absolute atomic E-state index is 0.0435. The zero-order valence-electron chi connectivity index (χ0n) is 11.5. The van der Waals surface area contributed by atoms with Crippen LogP contribution in [0.1, 0.15) is 12.5 Å². The number of imidazole rings is 1. The summed E-state index contributed by atoms with van der Waals surface area (Å²) < 4.78 is 2.01. The number of hydrogen-bond acceptors (Lipinski definition) is 5. The number of anilines is 1. The summed E-state index contributed by atoms with van der Waals surface area (Å²) in [5, 5.41) is 13.9. The Morgan fingerprint density at radius 3 is 2.95 bits per heavy atom. The van der Waals surface area contributed by atoms with Crippen LogP contribution in [0.5, 0.6) is 0 Å². The monoisotopic (exact) mass is 275 g/mol. The molecular formula is C13H17N5O2. The van der Waals surface area contributed by atoms with Crippen molar-refractivity contribution in [2.75, 3.05) is 11.9 Å². The topological polar surface area (TPSA) is 85.9 Å². The van der Waals surface area contributed by atoms with Gasteiger partial charge in [0.1, 0.15) is 12.0 Å². The second-order valence-electron chi connectivity index (χ2n) is 4.86. The maximum Gasteiger partial charge on any atom is 0.290 e. The van der Waals surface area contributed by atoms with Gasteiger partial charge in [0.05, 0.1) is 11.3 Å². The Hall–Kier alpha value is -2.44. The number of nitrogens with zero attached hydrogens (tertiary/aromatic N) is 4. The summed E-state index contributed by atoms with van der Waals surface area (Å²) in [6, 6.07) is 1.70. The normalized spacial score (nSPS) is 12.1. The molecule has 0 saturated carbocycles. The Morgan fingerprint density at radius 2 is 2.35 bits per heavy atom. The van der Waals surface area contributed by atoms with Crippen LogP contribution in [0, 0.1) is 23.0 Å². The van der Waals surface area contributed by atoms with Crippen molar-refractivity contribution in [1.29, 1.82) is 0 Å². The van der Waals surface area contributed by atoms with Crippen LogP contribution in [0.4, 0.5) is 11.5 Å². The van der Waals surface area contributed by atoms with Gasteiger partial charge in [-0.25, -0.2) is 9.97 Å². The Bertz CT molecular complexity index is 582. The van der Waals surface area contributed by atoms with Crippen molar-refractivity contribution in [3.63, 3.8) is 0 Å². The lowest BCUT2D eigenvalue weighted by molar-refractivity contribution is -0.385. The van der Waals surface area contributed by atoms with Crippen molar-refractivity contribution in [3.05, 3.63) is 46.7 Å². The van der Waals surface area contributed by atoms with Gasteiger partial charge in [-0.1, -0.05) is 6.92 Å². The molecule has 7 heteroatoms. The summed E-state index contributed by atoms with van der Waals surface area (Å²) in [5.74, 6) is 1.05. The molecule has 1 N–H and O–H groups in total. The van der Waals surface area contributed by atoms with Crippen molar-refractivity contribution < 1.29 is 4.92 Å². The number of rotatable bonds is 6. The molecule has 2 rings (SSSR count). The van der Waals surface area contributed by atoms with E-state index in [-0.39, 0.29) is 5.69 Å². The highest BCUT2D eigenvalue weighted by atomic mass is 16.6. The van der Waals surface area contributed by atoms with E-state index >= 15 is 0 Å². The molecule has 0 amide bonds. The molecule has 0 aliphatic heterocycles. The van der Waals surface area contributed by atoms with Gasteiger partial charge in [0, 0.05) is 31.0 Å². The first-order chi connectivity index (χ1) is 9.56. The quantitative estimate of drug-likeness (QED) is 0.645. The third-order valence-electron chi connectivity index (χ3n) is 2.99. The minimum Gasteiger partial charge on any atom is -0.370 e. The predicted molar refractivity (Wildman–Crippen MR) is 75.5 cm³/mol. The first kappa shape index (κ1) is 14.0. The molecule has 0 aliphatic carbocycles. The van der Waals surface area contributed by atoms with Gasteiger partial charge in [-0.05, 0) is 18.9 Å². The molecule has 1 atom stereocenters. The number of aryl methyl sites for hydroxylation is 1. The molecule has 0 saturated heterocycles. The summed E-state index contributed by atoms with van der Waals surface area (Å²) in [5.41, 5.74) is 0.650. The molecule has 0 aromatic carbocycles. The summed E-state index contributed by atoms with van der Waals surface area (Å²) in [6.07, 6.45) is 6.75. The van der Waals surface area contributed by atoms with Crippen molar-refractivity contribution in [2.45, 2.75) is 20.4 Å². The summed E-state index contributed by atoms with van der Waals surface area (Å²) in [7, 11) is 0. The van der Waals surface area contributed by atoms with E-state index in [1.807, 2.05) is 10.8 Å². The van der Waals surface area contributed by atoms with Crippen molar-refractivity contribution in [2.24, 2.45) is 5.92 Å². The van der Waals surface area contributed by atoms with Crippen molar-refractivity contribution in [1.82, 2.24) is 14.5 Å². The van der Waals surface area contributed by atoms with E-state index in [9.17, 15) is 10.1 Å². The van der Waals surface area contributed by atoms with Gasteiger partial charge in [-0.3, -0.25) is 10.1 Å². The molecule has 106 valence electrons. The number of aromatic nitrogens is 3. The first-order valence-electron chi connectivity index (χ1n) is 6.37. The van der Waals surface area contributed by atoms with E-state index in [1.54, 1.807) is 25.5 Å². The van der Waals surface area contributed by atoms with Crippen LogP contribution in [0.15, 0.2) is 31.0 Å². The van der Waals surface area contributed by atoms with Gasteiger partial charge in [-0.15, -0.1) is 0 Å². The highest BCUT2D eigenvalue weighted by Crippen LogP contribution is 2.19. The highest BCUT2D eigenvalue weighted by Gasteiger charge is 2.11. The van der Waals surface area contributed by atoms with E-state index in [4.69, 9.17) is 0 Å². The molecule has 2 heterocycles. The highest BCUT2D eigenvalue weighted by molar-refractivity contribution is 5.46. The van der Waals surface area contributed by atoms with E-state index in [0.29, 0.717) is 17.3 Å². The first-order valence-corrected chi connectivity index (χ1v) is 6.37. The maximum absolute atomic E-state index is 10.7. The average molecular weight is 275 g/mol. The van der Waals surface area contributed by atoms with Crippen LogP contribution in [0.25, 0.3) is 0 Å². The van der Waals surface area contributed by atoms with Crippen LogP contribution < -0.4 is 5.32 Å². The SMILES string of the molecule is Cc1cc(NC[C@@H](C)Cn2ccnc2)ncc1[N+](=O)[O-]. The molecule has 20 heavy (non-hydrogen) atoms. The largest absolute Gasteiger partial charge is 0.370 e. The zero-order chi connectivity index (χ0) is 14.5. The molecule has 0 aliphatic rings. The van der Waals surface area contributed by atoms with E-state index in [0.717, 1.165) is 13.1 Å². The third-order valence-corrected chi connectivity index (χ3v) is 2.99. The molecule has 2 aromatic heterocycles. The molecule has 0 spiro atoms. The van der Waals surface area contributed by atoms with E-state index in [2.05, 4.69) is 22.2 Å². The molecule has 0 bridgehead atoms.